The van der Waals surface area contributed by atoms with Gasteiger partial charge in [0.05, 0.1) is 0 Å². The molecule has 3 N–H and O–H groups in total. The molecule has 0 saturated carbocycles. The third-order valence-corrected chi connectivity index (χ3v) is 2.30. The maximum absolute atomic E-state index is 11.1. The molecule has 1 aliphatic rings. The van der Waals surface area contributed by atoms with Gasteiger partial charge in [0, 0.05) is 8.03 Å². The van der Waals surface area contributed by atoms with Crippen molar-refractivity contribution in [2.24, 2.45) is 0 Å². The summed E-state index contributed by atoms with van der Waals surface area (Å²) in [6, 6.07) is 0. The molecule has 1 aliphatic heterocycles. The van der Waals surface area contributed by atoms with Crippen molar-refractivity contribution in [3.63, 3.8) is 0 Å². The van der Waals surface area contributed by atoms with Gasteiger partial charge in [0.2, 0.25) is 0 Å². The molecule has 0 aromatic carbocycles. The minimum Gasteiger partial charge on any atom is -0.387 e. The van der Waals surface area contributed by atoms with E-state index in [0.29, 0.717) is 0 Å². The van der Waals surface area contributed by atoms with E-state index in [4.69, 9.17) is 9.47 Å². The standard InChI is InChI=1S/C9H16O6.H2/c1-3-14-9-7(13)5(11)6(12)8(15-9)4(2)10;/h5-9,11-13H,3H2,1-2H3;1H/t5-,6-,7+,8+,9+;/m0./s1. The van der Waals surface area contributed by atoms with Crippen LogP contribution in [-0.4, -0.2) is 58.4 Å². The van der Waals surface area contributed by atoms with E-state index in [1.165, 1.54) is 6.92 Å². The van der Waals surface area contributed by atoms with Crippen molar-refractivity contribution < 1.29 is 31.0 Å². The highest BCUT2D eigenvalue weighted by atomic mass is 16.7. The molecule has 1 fully saturated rings. The smallest absolute Gasteiger partial charge is 0.187 e. The summed E-state index contributed by atoms with van der Waals surface area (Å²) in [7, 11) is 0. The summed E-state index contributed by atoms with van der Waals surface area (Å²) < 4.78 is 10.1. The van der Waals surface area contributed by atoms with Crippen LogP contribution in [0.2, 0.25) is 0 Å². The van der Waals surface area contributed by atoms with Gasteiger partial charge in [0.15, 0.2) is 12.1 Å². The van der Waals surface area contributed by atoms with Gasteiger partial charge in [-0.2, -0.15) is 0 Å². The molecule has 1 rings (SSSR count). The number of carbonyl (C=O) groups excluding carboxylic acids is 1. The fourth-order valence-corrected chi connectivity index (χ4v) is 1.49. The molecule has 0 aromatic rings. The van der Waals surface area contributed by atoms with E-state index in [-0.39, 0.29) is 8.03 Å². The SMILES string of the molecule is CCO[C@@H]1O[C@H](C(C)=O)[C@@H](O)[C@H](O)[C@H]1O.[HH]. The molecule has 0 unspecified atom stereocenters. The largest absolute Gasteiger partial charge is 0.387 e. The van der Waals surface area contributed by atoms with Gasteiger partial charge in [-0.1, -0.05) is 0 Å². The van der Waals surface area contributed by atoms with Crippen LogP contribution in [0.4, 0.5) is 0 Å². The molecule has 0 aromatic heterocycles. The number of aliphatic hydroxyl groups is 3. The average molecular weight is 222 g/mol. The summed E-state index contributed by atoms with van der Waals surface area (Å²) in [5, 5.41) is 28.4. The first-order valence-electron chi connectivity index (χ1n) is 4.80. The van der Waals surface area contributed by atoms with Crippen LogP contribution in [-0.2, 0) is 14.3 Å². The van der Waals surface area contributed by atoms with Crippen molar-refractivity contribution in [3.05, 3.63) is 0 Å². The highest BCUT2D eigenvalue weighted by Crippen LogP contribution is 2.22. The van der Waals surface area contributed by atoms with Crippen LogP contribution in [0.15, 0.2) is 0 Å². The van der Waals surface area contributed by atoms with Crippen molar-refractivity contribution in [2.75, 3.05) is 6.61 Å². The summed E-state index contributed by atoms with van der Waals surface area (Å²) in [6.45, 7) is 3.20. The first-order chi connectivity index (χ1) is 6.99. The number of hydrogen-bond acceptors (Lipinski definition) is 6. The highest BCUT2D eigenvalue weighted by Gasteiger charge is 2.45. The van der Waals surface area contributed by atoms with Crippen LogP contribution < -0.4 is 0 Å². The van der Waals surface area contributed by atoms with Crippen LogP contribution in [0, 0.1) is 0 Å². The molecular weight excluding hydrogens is 204 g/mol. The topological polar surface area (TPSA) is 96.2 Å². The lowest BCUT2D eigenvalue weighted by Crippen LogP contribution is -2.60. The van der Waals surface area contributed by atoms with Crippen LogP contribution in [0.25, 0.3) is 0 Å². The third-order valence-electron chi connectivity index (χ3n) is 2.30. The zero-order chi connectivity index (χ0) is 11.6. The second kappa shape index (κ2) is 5.00. The molecule has 90 valence electrons. The summed E-state index contributed by atoms with van der Waals surface area (Å²) in [4.78, 5) is 11.1. The first-order valence-corrected chi connectivity index (χ1v) is 4.80. The fraction of sp³-hybridized carbons (Fsp3) is 0.889. The van der Waals surface area contributed by atoms with E-state index >= 15 is 0 Å². The van der Waals surface area contributed by atoms with E-state index in [1.807, 2.05) is 0 Å². The van der Waals surface area contributed by atoms with Crippen molar-refractivity contribution in [2.45, 2.75) is 44.6 Å². The second-order valence-corrected chi connectivity index (χ2v) is 3.46. The molecule has 0 aliphatic carbocycles. The molecule has 5 atom stereocenters. The Morgan fingerprint density at radius 2 is 1.93 bits per heavy atom. The van der Waals surface area contributed by atoms with E-state index in [9.17, 15) is 20.1 Å². The van der Waals surface area contributed by atoms with Gasteiger partial charge in [-0.05, 0) is 13.8 Å². The Morgan fingerprint density at radius 1 is 1.33 bits per heavy atom. The number of hydrogen-bond donors (Lipinski definition) is 3. The zero-order valence-corrected chi connectivity index (χ0v) is 8.66. The Morgan fingerprint density at radius 3 is 2.40 bits per heavy atom. The highest BCUT2D eigenvalue weighted by molar-refractivity contribution is 5.81. The lowest BCUT2D eigenvalue weighted by Gasteiger charge is -2.39. The molecule has 6 nitrogen and oxygen atoms in total. The van der Waals surface area contributed by atoms with E-state index in [0.717, 1.165) is 0 Å². The fourth-order valence-electron chi connectivity index (χ4n) is 1.49. The van der Waals surface area contributed by atoms with Gasteiger partial charge in [-0.25, -0.2) is 0 Å². The molecule has 6 heteroatoms. The minimum absolute atomic E-state index is 0. The number of ketones is 1. The Hall–Kier alpha value is -0.530. The predicted octanol–water partition coefficient (Wildman–Crippen LogP) is -1.33. The summed E-state index contributed by atoms with van der Waals surface area (Å²) in [6.07, 6.45) is -6.45. The Kier molecular flexibility index (Phi) is 4.18. The molecule has 0 radical (unpaired) electrons. The summed E-state index contributed by atoms with van der Waals surface area (Å²) in [5.41, 5.74) is 0. The number of aliphatic hydroxyl groups excluding tert-OH is 3. The summed E-state index contributed by atoms with van der Waals surface area (Å²) >= 11 is 0. The Balaban J connectivity index is 0.00000225. The van der Waals surface area contributed by atoms with Crippen molar-refractivity contribution >= 4 is 5.78 Å². The zero-order valence-electron chi connectivity index (χ0n) is 8.66. The van der Waals surface area contributed by atoms with Crippen LogP contribution in [0.1, 0.15) is 15.3 Å². The molecule has 1 heterocycles. The number of rotatable bonds is 3. The van der Waals surface area contributed by atoms with E-state index in [1.54, 1.807) is 6.92 Å². The molecule has 0 bridgehead atoms. The summed E-state index contributed by atoms with van der Waals surface area (Å²) in [5.74, 6) is -0.418. The Bertz CT molecular complexity index is 236. The normalized spacial score (nSPS) is 41.5. The predicted molar refractivity (Wildman–Crippen MR) is 51.1 cm³/mol. The molecule has 15 heavy (non-hydrogen) atoms. The minimum atomic E-state index is -1.44. The van der Waals surface area contributed by atoms with Crippen molar-refractivity contribution in [1.29, 1.82) is 0 Å². The number of carbonyl (C=O) groups is 1. The third kappa shape index (κ3) is 2.53. The van der Waals surface area contributed by atoms with Crippen LogP contribution in [0.3, 0.4) is 0 Å². The quantitative estimate of drug-likeness (QED) is 0.547. The molecule has 1 saturated heterocycles. The van der Waals surface area contributed by atoms with Crippen molar-refractivity contribution in [3.8, 4) is 0 Å². The number of Topliss-reactive ketones (excluding diaryl/α,β-unsaturated/α-hetero) is 1. The van der Waals surface area contributed by atoms with Gasteiger partial charge in [0.25, 0.3) is 0 Å². The van der Waals surface area contributed by atoms with E-state index in [2.05, 4.69) is 0 Å². The maximum atomic E-state index is 11.1. The van der Waals surface area contributed by atoms with Gasteiger partial charge in [0.1, 0.15) is 24.4 Å². The molecular formula is C9H18O6. The lowest BCUT2D eigenvalue weighted by atomic mass is 9.97. The lowest BCUT2D eigenvalue weighted by molar-refractivity contribution is -0.288. The van der Waals surface area contributed by atoms with Gasteiger partial charge < -0.3 is 24.8 Å². The number of ether oxygens (including phenoxy) is 2. The van der Waals surface area contributed by atoms with Crippen molar-refractivity contribution in [1.82, 2.24) is 0 Å². The van der Waals surface area contributed by atoms with Crippen LogP contribution >= 0.6 is 0 Å². The van der Waals surface area contributed by atoms with Crippen LogP contribution in [0.5, 0.6) is 0 Å². The van der Waals surface area contributed by atoms with E-state index < -0.39 is 36.5 Å². The monoisotopic (exact) mass is 222 g/mol. The Labute approximate surface area is 88.9 Å². The second-order valence-electron chi connectivity index (χ2n) is 3.46. The molecule has 0 amide bonds. The average Bonchev–Trinajstić information content (AvgIpc) is 2.18. The van der Waals surface area contributed by atoms with Gasteiger partial charge in [-0.3, -0.25) is 4.79 Å². The first kappa shape index (κ1) is 12.5. The van der Waals surface area contributed by atoms with Gasteiger partial charge >= 0.3 is 0 Å². The molecule has 0 spiro atoms. The maximum Gasteiger partial charge on any atom is 0.187 e. The van der Waals surface area contributed by atoms with Gasteiger partial charge in [-0.15, -0.1) is 0 Å².